The van der Waals surface area contributed by atoms with Gasteiger partial charge in [-0.15, -0.1) is 0 Å². The highest BCUT2D eigenvalue weighted by molar-refractivity contribution is 5.93. The zero-order valence-corrected chi connectivity index (χ0v) is 11.1. The molecule has 0 radical (unpaired) electrons. The van der Waals surface area contributed by atoms with Gasteiger partial charge in [0.05, 0.1) is 13.1 Å². The van der Waals surface area contributed by atoms with Crippen molar-refractivity contribution in [1.29, 1.82) is 0 Å². The molecule has 6 nitrogen and oxygen atoms in total. The highest BCUT2D eigenvalue weighted by atomic mass is 16.4. The van der Waals surface area contributed by atoms with Crippen LogP contribution in [0, 0.1) is 0 Å². The number of nitrogens with two attached hydrogens (primary N) is 1. The molecule has 0 aliphatic rings. The summed E-state index contributed by atoms with van der Waals surface area (Å²) in [6, 6.07) is 5.35. The van der Waals surface area contributed by atoms with Crippen LogP contribution in [0.3, 0.4) is 0 Å². The summed E-state index contributed by atoms with van der Waals surface area (Å²) in [4.78, 5) is 23.6. The molecular weight excluding hydrogens is 246 g/mol. The van der Waals surface area contributed by atoms with Gasteiger partial charge in [-0.2, -0.15) is 0 Å². The average molecular weight is 265 g/mol. The Morgan fingerprint density at radius 2 is 2.05 bits per heavy atom. The smallest absolute Gasteiger partial charge is 0.317 e. The van der Waals surface area contributed by atoms with Crippen molar-refractivity contribution in [1.82, 2.24) is 4.90 Å². The first kappa shape index (κ1) is 15.0. The fourth-order valence-corrected chi connectivity index (χ4v) is 1.73. The monoisotopic (exact) mass is 265 g/mol. The first-order valence-corrected chi connectivity index (χ1v) is 6.01. The molecule has 0 unspecified atom stereocenters. The summed E-state index contributed by atoms with van der Waals surface area (Å²) >= 11 is 0. The molecule has 0 spiro atoms. The van der Waals surface area contributed by atoms with Crippen LogP contribution in [0.25, 0.3) is 0 Å². The molecule has 0 bridgehead atoms. The van der Waals surface area contributed by atoms with Gasteiger partial charge in [0.25, 0.3) is 0 Å². The van der Waals surface area contributed by atoms with E-state index in [1.807, 2.05) is 13.0 Å². The maximum absolute atomic E-state index is 11.7. The number of nitrogens with zero attached hydrogens (tertiary/aromatic N) is 1. The van der Waals surface area contributed by atoms with Crippen molar-refractivity contribution in [2.24, 2.45) is 0 Å². The second-order valence-corrected chi connectivity index (χ2v) is 4.38. The lowest BCUT2D eigenvalue weighted by molar-refractivity contribution is -0.138. The van der Waals surface area contributed by atoms with Gasteiger partial charge in [0.2, 0.25) is 5.91 Å². The first-order valence-electron chi connectivity index (χ1n) is 6.01. The number of carboxylic acids is 1. The number of aliphatic carboxylic acids is 1. The lowest BCUT2D eigenvalue weighted by Gasteiger charge is -2.14. The molecule has 0 fully saturated rings. The number of hydrogen-bond donors (Lipinski definition) is 3. The Morgan fingerprint density at radius 3 is 2.58 bits per heavy atom. The third-order valence-corrected chi connectivity index (χ3v) is 2.63. The molecule has 1 aromatic carbocycles. The Balaban J connectivity index is 2.57. The van der Waals surface area contributed by atoms with E-state index in [4.69, 9.17) is 10.8 Å². The van der Waals surface area contributed by atoms with E-state index >= 15 is 0 Å². The van der Waals surface area contributed by atoms with E-state index in [0.717, 1.165) is 12.0 Å². The third-order valence-electron chi connectivity index (χ3n) is 2.63. The van der Waals surface area contributed by atoms with Crippen molar-refractivity contribution in [3.63, 3.8) is 0 Å². The predicted octanol–water partition coefficient (Wildman–Crippen LogP) is 0.786. The van der Waals surface area contributed by atoms with E-state index in [9.17, 15) is 9.59 Å². The number of nitrogens with one attached hydrogen (secondary N) is 1. The molecule has 1 amide bonds. The van der Waals surface area contributed by atoms with E-state index in [-0.39, 0.29) is 19.0 Å². The van der Waals surface area contributed by atoms with Gasteiger partial charge in [-0.25, -0.2) is 0 Å². The molecule has 4 N–H and O–H groups in total. The van der Waals surface area contributed by atoms with Crippen LogP contribution in [0.4, 0.5) is 11.4 Å². The fourth-order valence-electron chi connectivity index (χ4n) is 1.73. The summed E-state index contributed by atoms with van der Waals surface area (Å²) in [5.41, 5.74) is 8.12. The van der Waals surface area contributed by atoms with E-state index in [1.165, 1.54) is 4.90 Å². The molecule has 0 atom stereocenters. The number of benzene rings is 1. The first-order chi connectivity index (χ1) is 8.92. The number of anilines is 2. The number of likely N-dealkylation sites (N-methyl/N-ethyl adjacent to an activating group) is 1. The highest BCUT2D eigenvalue weighted by Gasteiger charge is 2.10. The van der Waals surface area contributed by atoms with Gasteiger partial charge in [-0.1, -0.05) is 13.0 Å². The molecule has 0 saturated carbocycles. The summed E-state index contributed by atoms with van der Waals surface area (Å²) in [6.07, 6.45) is 0.835. The van der Waals surface area contributed by atoms with Crippen LogP contribution in [0.15, 0.2) is 18.2 Å². The molecule has 6 heteroatoms. The average Bonchev–Trinajstić information content (AvgIpc) is 2.27. The van der Waals surface area contributed by atoms with Crippen molar-refractivity contribution >= 4 is 23.3 Å². The minimum absolute atomic E-state index is 0.0156. The molecule has 0 aliphatic heterocycles. The van der Waals surface area contributed by atoms with Crippen molar-refractivity contribution in [3.05, 3.63) is 23.8 Å². The normalized spacial score (nSPS) is 10.5. The van der Waals surface area contributed by atoms with Gasteiger partial charge >= 0.3 is 5.97 Å². The molecule has 0 saturated heterocycles. The van der Waals surface area contributed by atoms with Crippen LogP contribution in [-0.2, 0) is 16.0 Å². The molecule has 0 aromatic heterocycles. The number of amides is 1. The Kier molecular flexibility index (Phi) is 5.32. The molecule has 1 rings (SSSR count). The summed E-state index contributed by atoms with van der Waals surface area (Å²) in [6.45, 7) is 1.84. The Labute approximate surface area is 112 Å². The van der Waals surface area contributed by atoms with Crippen molar-refractivity contribution < 1.29 is 14.7 Å². The number of rotatable bonds is 6. The Hall–Kier alpha value is -2.08. The van der Waals surface area contributed by atoms with E-state index in [1.54, 1.807) is 19.2 Å². The zero-order chi connectivity index (χ0) is 14.4. The number of carbonyl (C=O) groups is 2. The minimum Gasteiger partial charge on any atom is -0.480 e. The standard InChI is InChI=1S/C13H19N3O3/c1-3-9-4-5-10(6-11(9)14)15-12(17)7-16(2)8-13(18)19/h4-6H,3,7-8,14H2,1-2H3,(H,15,17)(H,18,19). The third kappa shape index (κ3) is 4.97. The minimum atomic E-state index is -0.966. The number of aryl methyl sites for hydroxylation is 1. The lowest BCUT2D eigenvalue weighted by atomic mass is 10.1. The summed E-state index contributed by atoms with van der Waals surface area (Å²) in [7, 11) is 1.57. The number of carboxylic acid groups (broad SMARTS) is 1. The van der Waals surface area contributed by atoms with Crippen molar-refractivity contribution in [2.75, 3.05) is 31.2 Å². The quantitative estimate of drug-likeness (QED) is 0.661. The second-order valence-electron chi connectivity index (χ2n) is 4.38. The van der Waals surface area contributed by atoms with Crippen LogP contribution in [0.2, 0.25) is 0 Å². The number of carbonyl (C=O) groups excluding carboxylic acids is 1. The maximum Gasteiger partial charge on any atom is 0.317 e. The Bertz CT molecular complexity index is 474. The Morgan fingerprint density at radius 1 is 1.37 bits per heavy atom. The molecule has 1 aromatic rings. The molecular formula is C13H19N3O3. The van der Waals surface area contributed by atoms with Gasteiger partial charge in [-0.05, 0) is 31.2 Å². The molecule has 104 valence electrons. The highest BCUT2D eigenvalue weighted by Crippen LogP contribution is 2.18. The van der Waals surface area contributed by atoms with Crippen LogP contribution in [0.5, 0.6) is 0 Å². The molecule has 0 heterocycles. The largest absolute Gasteiger partial charge is 0.480 e. The van der Waals surface area contributed by atoms with Crippen molar-refractivity contribution in [3.8, 4) is 0 Å². The number of nitrogen functional groups attached to an aromatic ring is 1. The van der Waals surface area contributed by atoms with E-state index in [0.29, 0.717) is 11.4 Å². The summed E-state index contributed by atoms with van der Waals surface area (Å²) in [5.74, 6) is -1.24. The van der Waals surface area contributed by atoms with Gasteiger partial charge in [0.15, 0.2) is 0 Å². The van der Waals surface area contributed by atoms with Crippen LogP contribution in [0.1, 0.15) is 12.5 Å². The van der Waals surface area contributed by atoms with Crippen LogP contribution >= 0.6 is 0 Å². The van der Waals surface area contributed by atoms with Crippen LogP contribution < -0.4 is 11.1 Å². The fraction of sp³-hybridized carbons (Fsp3) is 0.385. The van der Waals surface area contributed by atoms with Gasteiger partial charge in [0.1, 0.15) is 0 Å². The van der Waals surface area contributed by atoms with Gasteiger partial charge in [0, 0.05) is 11.4 Å². The topological polar surface area (TPSA) is 95.7 Å². The van der Waals surface area contributed by atoms with Gasteiger partial charge < -0.3 is 16.2 Å². The lowest BCUT2D eigenvalue weighted by Crippen LogP contribution is -2.33. The SMILES string of the molecule is CCc1ccc(NC(=O)CN(C)CC(=O)O)cc1N. The molecule has 19 heavy (non-hydrogen) atoms. The van der Waals surface area contributed by atoms with E-state index < -0.39 is 5.97 Å². The summed E-state index contributed by atoms with van der Waals surface area (Å²) < 4.78 is 0. The molecule has 0 aliphatic carbocycles. The van der Waals surface area contributed by atoms with E-state index in [2.05, 4.69) is 5.32 Å². The second kappa shape index (κ2) is 6.75. The number of hydrogen-bond acceptors (Lipinski definition) is 4. The van der Waals surface area contributed by atoms with Gasteiger partial charge in [-0.3, -0.25) is 14.5 Å². The summed E-state index contributed by atoms with van der Waals surface area (Å²) in [5, 5.41) is 11.3. The van der Waals surface area contributed by atoms with Crippen LogP contribution in [-0.4, -0.2) is 42.0 Å². The maximum atomic E-state index is 11.7. The zero-order valence-electron chi connectivity index (χ0n) is 11.1. The predicted molar refractivity (Wildman–Crippen MR) is 74.0 cm³/mol. The van der Waals surface area contributed by atoms with Crippen molar-refractivity contribution in [2.45, 2.75) is 13.3 Å².